The lowest BCUT2D eigenvalue weighted by atomic mass is 10.0. The summed E-state index contributed by atoms with van der Waals surface area (Å²) in [5, 5.41) is 0. The van der Waals surface area contributed by atoms with Crippen LogP contribution in [0.25, 0.3) is 0 Å². The van der Waals surface area contributed by atoms with Crippen LogP contribution in [0.4, 0.5) is 0 Å². The quantitative estimate of drug-likeness (QED) is 0.460. The van der Waals surface area contributed by atoms with Gasteiger partial charge in [-0.25, -0.2) is 4.57 Å². The van der Waals surface area contributed by atoms with E-state index >= 15 is 0 Å². The largest absolute Gasteiger partial charge is 0.298 e. The number of nitrogens with zero attached hydrogens (tertiary/aromatic N) is 3. The minimum Gasteiger partial charge on any atom is -0.232 e. The molecule has 1 aromatic heterocycles. The number of hydrogen-bond acceptors (Lipinski definition) is 0. The van der Waals surface area contributed by atoms with E-state index in [4.69, 9.17) is 0 Å². The number of aromatic nitrogens is 2. The molecule has 29 heavy (non-hydrogen) atoms. The molecule has 3 aromatic rings. The van der Waals surface area contributed by atoms with Crippen molar-refractivity contribution in [1.82, 2.24) is 4.57 Å². The Kier molecular flexibility index (Phi) is 6.35. The summed E-state index contributed by atoms with van der Waals surface area (Å²) < 4.78 is 7.05. The predicted octanol–water partition coefficient (Wildman–Crippen LogP) is 4.98. The van der Waals surface area contributed by atoms with Crippen molar-refractivity contribution >= 4 is 6.21 Å². The van der Waals surface area contributed by atoms with Crippen molar-refractivity contribution in [3.63, 3.8) is 0 Å². The van der Waals surface area contributed by atoms with Crippen LogP contribution in [0.15, 0.2) is 91.7 Å². The van der Waals surface area contributed by atoms with Crippen LogP contribution in [0.2, 0.25) is 0 Å². The summed E-state index contributed by atoms with van der Waals surface area (Å²) in [5.74, 6) is 0.466. The molecule has 0 N–H and O–H groups in total. The molecule has 3 heteroatoms. The van der Waals surface area contributed by atoms with Crippen molar-refractivity contribution < 1.29 is 9.14 Å². The van der Waals surface area contributed by atoms with Crippen LogP contribution in [0.5, 0.6) is 0 Å². The second kappa shape index (κ2) is 9.51. The smallest absolute Gasteiger partial charge is 0.232 e. The van der Waals surface area contributed by atoms with Gasteiger partial charge >= 0.3 is 0 Å². The molecule has 0 amide bonds. The van der Waals surface area contributed by atoms with Crippen molar-refractivity contribution in [2.24, 2.45) is 5.92 Å². The maximum atomic E-state index is 2.41. The lowest BCUT2D eigenvalue weighted by Crippen LogP contribution is -2.32. The number of allylic oxidation sites excluding steroid dienone is 1. The Morgan fingerprint density at radius 2 is 1.69 bits per heavy atom. The van der Waals surface area contributed by atoms with Crippen LogP contribution in [-0.4, -0.2) is 15.4 Å². The van der Waals surface area contributed by atoms with Gasteiger partial charge in [-0.1, -0.05) is 74.0 Å². The van der Waals surface area contributed by atoms with Crippen molar-refractivity contribution in [1.29, 1.82) is 0 Å². The first-order valence-corrected chi connectivity index (χ1v) is 10.8. The summed E-state index contributed by atoms with van der Waals surface area (Å²) in [6, 6.07) is 21.4. The first-order valence-electron chi connectivity index (χ1n) is 10.8. The van der Waals surface area contributed by atoms with E-state index in [9.17, 15) is 0 Å². The third-order valence-corrected chi connectivity index (χ3v) is 5.61. The van der Waals surface area contributed by atoms with E-state index in [0.717, 1.165) is 19.4 Å². The molecule has 0 saturated heterocycles. The van der Waals surface area contributed by atoms with Crippen molar-refractivity contribution in [2.45, 2.75) is 45.3 Å². The monoisotopic (exact) mass is 385 g/mol. The van der Waals surface area contributed by atoms with Gasteiger partial charge in [0.25, 0.3) is 6.17 Å². The van der Waals surface area contributed by atoms with Gasteiger partial charge in [0.15, 0.2) is 12.4 Å². The van der Waals surface area contributed by atoms with Gasteiger partial charge in [-0.15, -0.1) is 0 Å². The van der Waals surface area contributed by atoms with Crippen LogP contribution in [0.1, 0.15) is 43.5 Å². The molecule has 2 heterocycles. The van der Waals surface area contributed by atoms with Crippen LogP contribution < -0.4 is 4.57 Å². The van der Waals surface area contributed by atoms with Crippen molar-refractivity contribution in [3.8, 4) is 0 Å². The van der Waals surface area contributed by atoms with Crippen LogP contribution >= 0.6 is 0 Å². The summed E-state index contributed by atoms with van der Waals surface area (Å²) in [6.45, 7) is 3.18. The SMILES string of the molecule is CCCCC(n1cc[n+](Cc2ccccc2)c1)[N+]1=CC(Cc2ccccc2)C=C1. The molecule has 0 radical (unpaired) electrons. The molecule has 3 nitrogen and oxygen atoms in total. The Hall–Kier alpha value is -2.94. The van der Waals surface area contributed by atoms with E-state index in [1.54, 1.807) is 0 Å². The summed E-state index contributed by atoms with van der Waals surface area (Å²) in [4.78, 5) is 0. The summed E-state index contributed by atoms with van der Waals surface area (Å²) in [5.41, 5.74) is 2.72. The topological polar surface area (TPSA) is 11.8 Å². The second-order valence-electron chi connectivity index (χ2n) is 7.93. The Morgan fingerprint density at radius 3 is 2.41 bits per heavy atom. The number of benzene rings is 2. The molecule has 0 saturated carbocycles. The molecular weight excluding hydrogens is 354 g/mol. The van der Waals surface area contributed by atoms with Gasteiger partial charge in [0.2, 0.25) is 6.33 Å². The lowest BCUT2D eigenvalue weighted by molar-refractivity contribution is -0.689. The molecule has 148 valence electrons. The normalized spacial score (nSPS) is 16.7. The summed E-state index contributed by atoms with van der Waals surface area (Å²) in [6.07, 6.45) is 18.7. The molecular formula is C26H31N3+2. The molecule has 4 rings (SSSR count). The highest BCUT2D eigenvalue weighted by Gasteiger charge is 2.30. The summed E-state index contributed by atoms with van der Waals surface area (Å²) in [7, 11) is 0. The zero-order chi connectivity index (χ0) is 19.9. The molecule has 0 aliphatic carbocycles. The zero-order valence-corrected chi connectivity index (χ0v) is 17.3. The molecule has 0 spiro atoms. The predicted molar refractivity (Wildman–Crippen MR) is 118 cm³/mol. The van der Waals surface area contributed by atoms with Crippen molar-refractivity contribution in [3.05, 3.63) is 103 Å². The molecule has 0 fully saturated rings. The Balaban J connectivity index is 1.49. The van der Waals surface area contributed by atoms with Crippen LogP contribution in [0, 0.1) is 5.92 Å². The van der Waals surface area contributed by atoms with Gasteiger partial charge in [-0.05, 0) is 30.0 Å². The Bertz CT molecular complexity index is 954. The van der Waals surface area contributed by atoms with Gasteiger partial charge in [-0.2, -0.15) is 9.14 Å². The molecule has 2 aromatic carbocycles. The van der Waals surface area contributed by atoms with Gasteiger partial charge in [0, 0.05) is 0 Å². The van der Waals surface area contributed by atoms with Crippen LogP contribution in [-0.2, 0) is 13.0 Å². The van der Waals surface area contributed by atoms with E-state index < -0.39 is 0 Å². The molecule has 2 atom stereocenters. The third-order valence-electron chi connectivity index (χ3n) is 5.61. The van der Waals surface area contributed by atoms with Gasteiger partial charge in [-0.3, -0.25) is 0 Å². The third kappa shape index (κ3) is 5.11. The Labute approximate surface area is 174 Å². The maximum absolute atomic E-state index is 2.41. The minimum absolute atomic E-state index is 0.337. The second-order valence-corrected chi connectivity index (χ2v) is 7.93. The fraction of sp³-hybridized carbons (Fsp3) is 0.308. The fourth-order valence-corrected chi connectivity index (χ4v) is 4.05. The molecule has 1 aliphatic rings. The van der Waals surface area contributed by atoms with E-state index in [-0.39, 0.29) is 0 Å². The zero-order valence-electron chi connectivity index (χ0n) is 17.3. The fourth-order valence-electron chi connectivity index (χ4n) is 4.05. The van der Waals surface area contributed by atoms with Gasteiger partial charge < -0.3 is 0 Å². The number of imidazole rings is 1. The molecule has 2 unspecified atom stereocenters. The highest BCUT2D eigenvalue weighted by atomic mass is 15.3. The number of unbranched alkanes of at least 4 members (excludes halogenated alkanes) is 1. The highest BCUT2D eigenvalue weighted by Crippen LogP contribution is 2.21. The van der Waals surface area contributed by atoms with E-state index in [1.165, 1.54) is 24.0 Å². The lowest BCUT2D eigenvalue weighted by Gasteiger charge is -2.09. The average molecular weight is 386 g/mol. The molecule has 0 bridgehead atoms. The number of rotatable bonds is 9. The maximum Gasteiger partial charge on any atom is 0.298 e. The van der Waals surface area contributed by atoms with E-state index in [1.807, 2.05) is 0 Å². The average Bonchev–Trinajstić information content (AvgIpc) is 3.40. The highest BCUT2D eigenvalue weighted by molar-refractivity contribution is 5.61. The minimum atomic E-state index is 0.337. The van der Waals surface area contributed by atoms with Crippen molar-refractivity contribution in [2.75, 3.05) is 0 Å². The number of hydrogen-bond donors (Lipinski definition) is 0. The molecule has 1 aliphatic heterocycles. The van der Waals surface area contributed by atoms with E-state index in [2.05, 4.69) is 119 Å². The van der Waals surface area contributed by atoms with E-state index in [0.29, 0.717) is 12.1 Å². The first-order chi connectivity index (χ1) is 14.3. The summed E-state index contributed by atoms with van der Waals surface area (Å²) >= 11 is 0. The van der Waals surface area contributed by atoms with Crippen LogP contribution in [0.3, 0.4) is 0 Å². The van der Waals surface area contributed by atoms with Gasteiger partial charge in [0.05, 0.1) is 12.3 Å². The Morgan fingerprint density at radius 1 is 0.966 bits per heavy atom. The van der Waals surface area contributed by atoms with Gasteiger partial charge in [0.1, 0.15) is 18.9 Å². The first kappa shape index (κ1) is 19.4. The standard InChI is InChI=1S/C26H31N3/c1-2-3-14-26(28-16-15-25(21-28)19-23-10-6-4-7-11-23)29-18-17-27(22-29)20-24-12-8-5-9-13-24/h4-13,15-18,21-22,25-26H,2-3,14,19-20H2,1H3/q+2.